The normalized spacial score (nSPS) is 12.7. The van der Waals surface area contributed by atoms with Crippen LogP contribution < -0.4 is 5.32 Å². The molecule has 0 atom stereocenters. The van der Waals surface area contributed by atoms with Crippen molar-refractivity contribution in [2.45, 2.75) is 34.6 Å². The van der Waals surface area contributed by atoms with Crippen molar-refractivity contribution >= 4 is 22.4 Å². The summed E-state index contributed by atoms with van der Waals surface area (Å²) in [5.74, 6) is -0.149. The monoisotopic (exact) mass is 239 g/mol. The Morgan fingerprint density at radius 1 is 1.38 bits per heavy atom. The molecule has 0 unspecified atom stereocenters. The van der Waals surface area contributed by atoms with Gasteiger partial charge in [-0.1, -0.05) is 37.7 Å². The highest BCUT2D eigenvalue weighted by atomic mass is 32.1. The molecule has 1 N–H and O–H groups in total. The van der Waals surface area contributed by atoms with Gasteiger partial charge in [-0.05, 0) is 19.3 Å². The summed E-state index contributed by atoms with van der Waals surface area (Å²) in [6.45, 7) is 10.0. The Labute approximate surface area is 99.8 Å². The van der Waals surface area contributed by atoms with Gasteiger partial charge in [0.15, 0.2) is 0 Å². The third kappa shape index (κ3) is 3.73. The highest BCUT2D eigenvalue weighted by molar-refractivity contribution is 7.15. The van der Waals surface area contributed by atoms with Crippen molar-refractivity contribution < 1.29 is 4.79 Å². The first-order valence-corrected chi connectivity index (χ1v) is 5.90. The Kier molecular flexibility index (Phi) is 3.80. The zero-order valence-corrected chi connectivity index (χ0v) is 11.1. The van der Waals surface area contributed by atoms with Crippen LogP contribution in [0.25, 0.3) is 0 Å². The zero-order chi connectivity index (χ0) is 12.3. The average molecular weight is 239 g/mol. The minimum Gasteiger partial charge on any atom is -0.297 e. The number of rotatable bonds is 2. The first-order chi connectivity index (χ1) is 7.29. The van der Waals surface area contributed by atoms with Crippen LogP contribution in [0.2, 0.25) is 0 Å². The molecule has 0 spiro atoms. The van der Waals surface area contributed by atoms with Crippen LogP contribution in [0.15, 0.2) is 11.6 Å². The predicted molar refractivity (Wildman–Crippen MR) is 66.5 cm³/mol. The molecule has 0 aliphatic heterocycles. The van der Waals surface area contributed by atoms with Crippen molar-refractivity contribution in [3.05, 3.63) is 16.7 Å². The molecule has 1 aromatic heterocycles. The Morgan fingerprint density at radius 2 is 2.00 bits per heavy atom. The maximum absolute atomic E-state index is 11.6. The highest BCUT2D eigenvalue weighted by Crippen LogP contribution is 2.24. The molecule has 4 nitrogen and oxygen atoms in total. The molecule has 0 saturated carbocycles. The molecule has 0 aliphatic carbocycles. The first-order valence-electron chi connectivity index (χ1n) is 5.09. The molecule has 1 aromatic rings. The smallest absolute Gasteiger partial charge is 0.250 e. The van der Waals surface area contributed by atoms with Gasteiger partial charge in [0.1, 0.15) is 5.01 Å². The maximum Gasteiger partial charge on any atom is 0.250 e. The highest BCUT2D eigenvalue weighted by Gasteiger charge is 2.14. The fourth-order valence-corrected chi connectivity index (χ4v) is 1.50. The van der Waals surface area contributed by atoms with Gasteiger partial charge in [-0.2, -0.15) is 0 Å². The summed E-state index contributed by atoms with van der Waals surface area (Å²) in [4.78, 5) is 11.6. The van der Waals surface area contributed by atoms with E-state index < -0.39 is 0 Å². The van der Waals surface area contributed by atoms with Crippen molar-refractivity contribution in [2.75, 3.05) is 5.32 Å². The van der Waals surface area contributed by atoms with E-state index in [0.717, 1.165) is 10.6 Å². The van der Waals surface area contributed by atoms with Gasteiger partial charge < -0.3 is 0 Å². The molecule has 1 amide bonds. The summed E-state index contributed by atoms with van der Waals surface area (Å²) < 4.78 is 0. The summed E-state index contributed by atoms with van der Waals surface area (Å²) in [7, 11) is 0. The number of aryl methyl sites for hydroxylation is 1. The summed E-state index contributed by atoms with van der Waals surface area (Å²) in [6, 6.07) is 0. The van der Waals surface area contributed by atoms with Gasteiger partial charge in [-0.15, -0.1) is 10.2 Å². The molecule has 0 bridgehead atoms. The van der Waals surface area contributed by atoms with Gasteiger partial charge >= 0.3 is 0 Å². The molecule has 0 saturated heterocycles. The number of amides is 1. The number of nitrogens with zero attached hydrogens (tertiary/aromatic N) is 2. The second-order valence-corrected chi connectivity index (χ2v) is 5.87. The van der Waals surface area contributed by atoms with Crippen LogP contribution in [-0.4, -0.2) is 16.1 Å². The van der Waals surface area contributed by atoms with Gasteiger partial charge in [0.25, 0.3) is 0 Å². The molecular weight excluding hydrogens is 222 g/mol. The Hall–Kier alpha value is -1.23. The van der Waals surface area contributed by atoms with Gasteiger partial charge in [-0.3, -0.25) is 10.1 Å². The van der Waals surface area contributed by atoms with E-state index in [1.807, 2.05) is 13.8 Å². The SMILES string of the molecule is CC(=CC(=O)Nc1nnc(C)s1)C(C)(C)C. The largest absolute Gasteiger partial charge is 0.297 e. The van der Waals surface area contributed by atoms with Gasteiger partial charge in [-0.25, -0.2) is 0 Å². The van der Waals surface area contributed by atoms with E-state index in [1.165, 1.54) is 11.3 Å². The van der Waals surface area contributed by atoms with Crippen LogP contribution in [-0.2, 0) is 4.79 Å². The first kappa shape index (κ1) is 12.8. The molecule has 5 heteroatoms. The van der Waals surface area contributed by atoms with Gasteiger partial charge in [0.2, 0.25) is 11.0 Å². The van der Waals surface area contributed by atoms with Crippen LogP contribution in [0.1, 0.15) is 32.7 Å². The molecule has 88 valence electrons. The quantitative estimate of drug-likeness (QED) is 0.807. The van der Waals surface area contributed by atoms with Crippen LogP contribution in [0.5, 0.6) is 0 Å². The predicted octanol–water partition coefficient (Wildman–Crippen LogP) is 2.78. The lowest BCUT2D eigenvalue weighted by Crippen LogP contribution is -2.13. The molecule has 0 aliphatic rings. The summed E-state index contributed by atoms with van der Waals surface area (Å²) >= 11 is 1.37. The van der Waals surface area contributed by atoms with E-state index >= 15 is 0 Å². The van der Waals surface area contributed by atoms with Crippen LogP contribution in [0.4, 0.5) is 5.13 Å². The molecular formula is C11H17N3OS. The molecule has 0 aromatic carbocycles. The van der Waals surface area contributed by atoms with E-state index in [1.54, 1.807) is 6.08 Å². The minimum atomic E-state index is -0.149. The number of carbonyl (C=O) groups excluding carboxylic acids is 1. The standard InChI is InChI=1S/C11H17N3OS/c1-7(11(3,4)5)6-9(15)12-10-14-13-8(2)16-10/h6H,1-5H3,(H,12,14,15). The fraction of sp³-hybridized carbons (Fsp3) is 0.545. The van der Waals surface area contributed by atoms with E-state index in [0.29, 0.717) is 5.13 Å². The van der Waals surface area contributed by atoms with E-state index in [9.17, 15) is 4.79 Å². The summed E-state index contributed by atoms with van der Waals surface area (Å²) in [5, 5.41) is 11.7. The fourth-order valence-electron chi connectivity index (χ4n) is 0.902. The average Bonchev–Trinajstić information content (AvgIpc) is 2.49. The number of hydrogen-bond donors (Lipinski definition) is 1. The van der Waals surface area contributed by atoms with E-state index in [-0.39, 0.29) is 11.3 Å². The Bertz CT molecular complexity index is 415. The second kappa shape index (κ2) is 4.74. The molecule has 1 rings (SSSR count). The molecule has 1 heterocycles. The van der Waals surface area contributed by atoms with Crippen molar-refractivity contribution in [1.29, 1.82) is 0 Å². The van der Waals surface area contributed by atoms with Crippen molar-refractivity contribution in [1.82, 2.24) is 10.2 Å². The lowest BCUT2D eigenvalue weighted by atomic mass is 9.87. The maximum atomic E-state index is 11.6. The van der Waals surface area contributed by atoms with Gasteiger partial charge in [0, 0.05) is 6.08 Å². The summed E-state index contributed by atoms with van der Waals surface area (Å²) in [6.07, 6.45) is 1.61. The number of allylic oxidation sites excluding steroid dienone is 1. The van der Waals surface area contributed by atoms with Crippen molar-refractivity contribution in [3.63, 3.8) is 0 Å². The third-order valence-electron chi connectivity index (χ3n) is 2.29. The summed E-state index contributed by atoms with van der Waals surface area (Å²) in [5.41, 5.74) is 1.04. The number of hydrogen-bond acceptors (Lipinski definition) is 4. The van der Waals surface area contributed by atoms with Crippen LogP contribution in [0, 0.1) is 12.3 Å². The van der Waals surface area contributed by atoms with Crippen LogP contribution >= 0.6 is 11.3 Å². The number of nitrogens with one attached hydrogen (secondary N) is 1. The van der Waals surface area contributed by atoms with Crippen molar-refractivity contribution in [2.24, 2.45) is 5.41 Å². The van der Waals surface area contributed by atoms with E-state index in [4.69, 9.17) is 0 Å². The number of aromatic nitrogens is 2. The van der Waals surface area contributed by atoms with Gasteiger partial charge in [0.05, 0.1) is 0 Å². The second-order valence-electron chi connectivity index (χ2n) is 4.69. The van der Waals surface area contributed by atoms with Crippen LogP contribution in [0.3, 0.4) is 0 Å². The number of anilines is 1. The minimum absolute atomic E-state index is 0.00832. The number of carbonyl (C=O) groups is 1. The molecule has 16 heavy (non-hydrogen) atoms. The lowest BCUT2D eigenvalue weighted by Gasteiger charge is -2.18. The molecule has 0 radical (unpaired) electrons. The Balaban J connectivity index is 2.67. The third-order valence-corrected chi connectivity index (χ3v) is 3.04. The zero-order valence-electron chi connectivity index (χ0n) is 10.3. The van der Waals surface area contributed by atoms with Crippen molar-refractivity contribution in [3.8, 4) is 0 Å². The lowest BCUT2D eigenvalue weighted by molar-refractivity contribution is -0.112. The molecule has 0 fully saturated rings. The van der Waals surface area contributed by atoms with E-state index in [2.05, 4.69) is 36.3 Å². The topological polar surface area (TPSA) is 54.9 Å². The Morgan fingerprint density at radius 3 is 2.44 bits per heavy atom.